The van der Waals surface area contributed by atoms with Crippen LogP contribution in [0, 0.1) is 0 Å². The van der Waals surface area contributed by atoms with E-state index in [9.17, 15) is 4.79 Å². The molecule has 2 aromatic rings. The second-order valence-electron chi connectivity index (χ2n) is 9.09. The predicted octanol–water partition coefficient (Wildman–Crippen LogP) is 3.47. The van der Waals surface area contributed by atoms with E-state index in [1.165, 1.54) is 25.9 Å². The minimum absolute atomic E-state index is 0.240. The smallest absolute Gasteiger partial charge is 0.293 e. The highest BCUT2D eigenvalue weighted by molar-refractivity contribution is 5.90. The summed E-state index contributed by atoms with van der Waals surface area (Å²) in [6.45, 7) is 6.06. The molecule has 0 bridgehead atoms. The van der Waals surface area contributed by atoms with Gasteiger partial charge in [0.15, 0.2) is 11.5 Å². The molecule has 2 aliphatic heterocycles. The lowest BCUT2D eigenvalue weighted by atomic mass is 10.0. The van der Waals surface area contributed by atoms with Gasteiger partial charge in [0.2, 0.25) is 0 Å². The summed E-state index contributed by atoms with van der Waals surface area (Å²) in [6, 6.07) is 4.17. The number of benzene rings is 1. The summed E-state index contributed by atoms with van der Waals surface area (Å²) in [5, 5.41) is 4.52. The van der Waals surface area contributed by atoms with Crippen LogP contribution in [-0.4, -0.2) is 69.0 Å². The Morgan fingerprint density at radius 2 is 2.12 bits per heavy atom. The SMILES string of the molecule is COc1cc2c3c(c(N[C@H]4CCOC4)nc2cc1OCCCN1CCCC1)CCC3OC=O. The lowest BCUT2D eigenvalue weighted by Gasteiger charge is -2.20. The second-order valence-corrected chi connectivity index (χ2v) is 9.09. The molecule has 1 aromatic carbocycles. The first kappa shape index (κ1) is 22.2. The minimum Gasteiger partial charge on any atom is -0.493 e. The van der Waals surface area contributed by atoms with Crippen molar-refractivity contribution in [2.75, 3.05) is 51.9 Å². The third-order valence-electron chi connectivity index (χ3n) is 6.96. The van der Waals surface area contributed by atoms with Gasteiger partial charge in [0.1, 0.15) is 11.9 Å². The molecule has 0 spiro atoms. The van der Waals surface area contributed by atoms with E-state index >= 15 is 0 Å². The summed E-state index contributed by atoms with van der Waals surface area (Å²) >= 11 is 0. The van der Waals surface area contributed by atoms with Crippen molar-refractivity contribution in [3.8, 4) is 11.5 Å². The van der Waals surface area contributed by atoms with Gasteiger partial charge in [-0.25, -0.2) is 4.98 Å². The summed E-state index contributed by atoms with van der Waals surface area (Å²) in [7, 11) is 1.65. The fraction of sp³-hybridized carbons (Fsp3) is 0.600. The number of nitrogens with zero attached hydrogens (tertiary/aromatic N) is 2. The lowest BCUT2D eigenvalue weighted by Crippen LogP contribution is -2.22. The summed E-state index contributed by atoms with van der Waals surface area (Å²) < 4.78 is 22.8. The maximum absolute atomic E-state index is 11.2. The normalized spacial score (nSPS) is 22.5. The Morgan fingerprint density at radius 3 is 2.88 bits per heavy atom. The first-order valence-electron chi connectivity index (χ1n) is 12.1. The van der Waals surface area contributed by atoms with Gasteiger partial charge in [0.05, 0.1) is 31.9 Å². The van der Waals surface area contributed by atoms with E-state index < -0.39 is 0 Å². The van der Waals surface area contributed by atoms with Crippen LogP contribution in [0.1, 0.15) is 49.3 Å². The van der Waals surface area contributed by atoms with Crippen LogP contribution in [0.25, 0.3) is 10.9 Å². The Kier molecular flexibility index (Phi) is 6.83. The van der Waals surface area contributed by atoms with Gasteiger partial charge >= 0.3 is 0 Å². The molecule has 8 nitrogen and oxygen atoms in total. The molecule has 3 aliphatic rings. The van der Waals surface area contributed by atoms with E-state index in [1.54, 1.807) is 7.11 Å². The highest BCUT2D eigenvalue weighted by Gasteiger charge is 2.31. The standard InChI is InChI=1S/C25H33N3O5/c1-30-22-13-19-20(14-23(22)32-11-4-10-28-8-2-3-9-28)27-25(26-17-7-12-31-15-17)18-5-6-21(24(18)19)33-16-29/h13-14,16-17,21H,2-12,15H2,1H3,(H,26,27)/t17-,21?/m0/s1. The van der Waals surface area contributed by atoms with Crippen LogP contribution in [0.3, 0.4) is 0 Å². The third-order valence-corrected chi connectivity index (χ3v) is 6.96. The molecule has 0 saturated carbocycles. The van der Waals surface area contributed by atoms with Crippen molar-refractivity contribution < 1.29 is 23.7 Å². The highest BCUT2D eigenvalue weighted by Crippen LogP contribution is 2.44. The number of anilines is 1. The molecule has 2 atom stereocenters. The van der Waals surface area contributed by atoms with Crippen molar-refractivity contribution >= 4 is 23.2 Å². The topological polar surface area (TPSA) is 82.2 Å². The Morgan fingerprint density at radius 1 is 1.24 bits per heavy atom. The molecule has 1 N–H and O–H groups in total. The second kappa shape index (κ2) is 10.1. The van der Waals surface area contributed by atoms with Crippen molar-refractivity contribution in [2.24, 2.45) is 0 Å². The number of rotatable bonds is 10. The van der Waals surface area contributed by atoms with Crippen LogP contribution in [0.5, 0.6) is 11.5 Å². The molecular weight excluding hydrogens is 422 g/mol. The molecular formula is C25H33N3O5. The molecule has 2 fully saturated rings. The van der Waals surface area contributed by atoms with E-state index in [2.05, 4.69) is 10.2 Å². The van der Waals surface area contributed by atoms with Crippen LogP contribution < -0.4 is 14.8 Å². The van der Waals surface area contributed by atoms with E-state index in [1.807, 2.05) is 12.1 Å². The molecule has 0 amide bonds. The average Bonchev–Trinajstić information content (AvgIpc) is 3.59. The zero-order chi connectivity index (χ0) is 22.6. The van der Waals surface area contributed by atoms with Gasteiger partial charge in [-0.3, -0.25) is 4.79 Å². The van der Waals surface area contributed by atoms with Gasteiger partial charge in [0.25, 0.3) is 6.47 Å². The fourth-order valence-electron chi connectivity index (χ4n) is 5.29. The molecule has 1 aromatic heterocycles. The van der Waals surface area contributed by atoms with Crippen LogP contribution >= 0.6 is 0 Å². The number of pyridine rings is 1. The van der Waals surface area contributed by atoms with Gasteiger partial charge in [-0.1, -0.05) is 0 Å². The van der Waals surface area contributed by atoms with Crippen LogP contribution in [-0.2, 0) is 20.7 Å². The molecule has 8 heteroatoms. The van der Waals surface area contributed by atoms with Crippen molar-refractivity contribution in [1.29, 1.82) is 0 Å². The van der Waals surface area contributed by atoms with E-state index in [4.69, 9.17) is 23.9 Å². The number of carbonyl (C=O) groups excluding carboxylic acids is 1. The number of methoxy groups -OCH3 is 1. The van der Waals surface area contributed by atoms with Gasteiger partial charge < -0.3 is 29.2 Å². The average molecular weight is 456 g/mol. The first-order valence-corrected chi connectivity index (χ1v) is 12.1. The lowest BCUT2D eigenvalue weighted by molar-refractivity contribution is -0.133. The minimum atomic E-state index is -0.277. The Balaban J connectivity index is 1.44. The summed E-state index contributed by atoms with van der Waals surface area (Å²) in [4.78, 5) is 18.6. The molecule has 2 saturated heterocycles. The largest absolute Gasteiger partial charge is 0.493 e. The molecule has 33 heavy (non-hydrogen) atoms. The third kappa shape index (κ3) is 4.73. The number of hydrogen-bond donors (Lipinski definition) is 1. The number of hydrogen-bond acceptors (Lipinski definition) is 8. The zero-order valence-electron chi connectivity index (χ0n) is 19.3. The van der Waals surface area contributed by atoms with Gasteiger partial charge in [-0.05, 0) is 57.7 Å². The van der Waals surface area contributed by atoms with Gasteiger partial charge in [0, 0.05) is 35.7 Å². The molecule has 1 unspecified atom stereocenters. The van der Waals surface area contributed by atoms with Crippen molar-refractivity contribution in [3.05, 3.63) is 23.3 Å². The summed E-state index contributed by atoms with van der Waals surface area (Å²) in [5.74, 6) is 2.23. The van der Waals surface area contributed by atoms with Crippen molar-refractivity contribution in [1.82, 2.24) is 9.88 Å². The maximum Gasteiger partial charge on any atom is 0.293 e. The fourth-order valence-corrected chi connectivity index (χ4v) is 5.29. The number of likely N-dealkylation sites (tertiary alicyclic amines) is 1. The maximum atomic E-state index is 11.2. The number of nitrogens with one attached hydrogen (secondary N) is 1. The van der Waals surface area contributed by atoms with Gasteiger partial charge in [-0.2, -0.15) is 0 Å². The summed E-state index contributed by atoms with van der Waals surface area (Å²) in [5.41, 5.74) is 2.95. The number of fused-ring (bicyclic) bond motifs is 3. The Hall–Kier alpha value is -2.58. The van der Waals surface area contributed by atoms with E-state index in [0.717, 1.165) is 66.7 Å². The van der Waals surface area contributed by atoms with Crippen LogP contribution in [0.4, 0.5) is 5.82 Å². The van der Waals surface area contributed by atoms with Crippen LogP contribution in [0.2, 0.25) is 0 Å². The van der Waals surface area contributed by atoms with Crippen LogP contribution in [0.15, 0.2) is 12.1 Å². The van der Waals surface area contributed by atoms with Crippen molar-refractivity contribution in [3.63, 3.8) is 0 Å². The molecule has 5 rings (SSSR count). The van der Waals surface area contributed by atoms with Crippen molar-refractivity contribution in [2.45, 2.75) is 50.7 Å². The first-order chi connectivity index (χ1) is 16.3. The molecule has 3 heterocycles. The molecule has 0 radical (unpaired) electrons. The highest BCUT2D eigenvalue weighted by atomic mass is 16.5. The van der Waals surface area contributed by atoms with E-state index in [-0.39, 0.29) is 12.1 Å². The number of carbonyl (C=O) groups is 1. The number of aromatic nitrogens is 1. The quantitative estimate of drug-likeness (QED) is 0.431. The Labute approximate surface area is 194 Å². The Bertz CT molecular complexity index is 986. The predicted molar refractivity (Wildman–Crippen MR) is 125 cm³/mol. The monoisotopic (exact) mass is 455 g/mol. The van der Waals surface area contributed by atoms with Gasteiger partial charge in [-0.15, -0.1) is 0 Å². The number of ether oxygens (including phenoxy) is 4. The molecule has 178 valence electrons. The summed E-state index contributed by atoms with van der Waals surface area (Å²) in [6.07, 6.45) is 5.81. The molecule has 1 aliphatic carbocycles. The zero-order valence-corrected chi connectivity index (χ0v) is 19.3. The van der Waals surface area contributed by atoms with E-state index in [0.29, 0.717) is 31.2 Å².